The van der Waals surface area contributed by atoms with Crippen LogP contribution in [0, 0.1) is 19.3 Å². The van der Waals surface area contributed by atoms with Gasteiger partial charge in [0, 0.05) is 40.1 Å². The van der Waals surface area contributed by atoms with E-state index >= 15 is 0 Å². The van der Waals surface area contributed by atoms with Crippen LogP contribution in [0.5, 0.6) is 0 Å². The number of benzene rings is 1. The van der Waals surface area contributed by atoms with Crippen molar-refractivity contribution in [1.29, 1.82) is 5.41 Å². The summed E-state index contributed by atoms with van der Waals surface area (Å²) in [7, 11) is 0. The number of amides is 1. The highest BCUT2D eigenvalue weighted by Crippen LogP contribution is 2.31. The van der Waals surface area contributed by atoms with Crippen LogP contribution < -0.4 is 0 Å². The van der Waals surface area contributed by atoms with Gasteiger partial charge >= 0.3 is 0 Å². The number of aryl methyl sites for hydroxylation is 1. The molecule has 0 fully saturated rings. The van der Waals surface area contributed by atoms with E-state index in [1.165, 1.54) is 16.8 Å². The van der Waals surface area contributed by atoms with Crippen LogP contribution in [0.4, 0.5) is 0 Å². The molecule has 5 rings (SSSR count). The molecule has 1 aromatic carbocycles. The zero-order valence-corrected chi connectivity index (χ0v) is 18.8. The van der Waals surface area contributed by atoms with E-state index in [0.29, 0.717) is 15.2 Å². The van der Waals surface area contributed by atoms with E-state index < -0.39 is 5.91 Å². The number of rotatable bonds is 3. The second-order valence-electron chi connectivity index (χ2n) is 7.31. The molecule has 9 heteroatoms. The van der Waals surface area contributed by atoms with Crippen molar-refractivity contribution in [3.05, 3.63) is 88.0 Å². The van der Waals surface area contributed by atoms with Crippen molar-refractivity contribution in [3.63, 3.8) is 0 Å². The number of thioether (sulfide) groups is 1. The third-order valence-corrected chi connectivity index (χ3v) is 6.39. The maximum Gasteiger partial charge on any atom is 0.283 e. The first-order valence-electron chi connectivity index (χ1n) is 9.78. The summed E-state index contributed by atoms with van der Waals surface area (Å²) in [5.41, 5.74) is 4.69. The lowest BCUT2D eigenvalue weighted by atomic mass is 10.1. The fraction of sp³-hybridized carbons (Fsp3) is 0.0870. The van der Waals surface area contributed by atoms with Crippen molar-refractivity contribution in [2.24, 2.45) is 10.1 Å². The third kappa shape index (κ3) is 3.47. The lowest BCUT2D eigenvalue weighted by Gasteiger charge is -2.20. The van der Waals surface area contributed by atoms with Gasteiger partial charge in [-0.15, -0.1) is 0 Å². The minimum atomic E-state index is -0.455. The van der Waals surface area contributed by atoms with Gasteiger partial charge in [0.2, 0.25) is 5.17 Å². The van der Waals surface area contributed by atoms with Gasteiger partial charge in [0.05, 0.1) is 5.57 Å². The van der Waals surface area contributed by atoms with E-state index in [0.717, 1.165) is 28.2 Å². The molecule has 0 radical (unpaired) electrons. The molecule has 3 aromatic rings. The first kappa shape index (κ1) is 20.4. The predicted molar refractivity (Wildman–Crippen MR) is 129 cm³/mol. The van der Waals surface area contributed by atoms with Gasteiger partial charge in [-0.2, -0.15) is 15.1 Å². The maximum atomic E-state index is 12.8. The second kappa shape index (κ2) is 7.89. The van der Waals surface area contributed by atoms with Gasteiger partial charge in [-0.3, -0.25) is 15.2 Å². The van der Waals surface area contributed by atoms with Gasteiger partial charge in [-0.1, -0.05) is 17.7 Å². The Labute approximate surface area is 193 Å². The summed E-state index contributed by atoms with van der Waals surface area (Å²) in [6.45, 7) is 3.96. The Morgan fingerprint density at radius 1 is 1.16 bits per heavy atom. The lowest BCUT2D eigenvalue weighted by Crippen LogP contribution is -2.35. The molecule has 0 aliphatic carbocycles. The van der Waals surface area contributed by atoms with Crippen LogP contribution in [-0.4, -0.2) is 36.5 Å². The first-order valence-corrected chi connectivity index (χ1v) is 11.0. The highest BCUT2D eigenvalue weighted by molar-refractivity contribution is 8.27. The van der Waals surface area contributed by atoms with Crippen LogP contribution in [0.1, 0.15) is 22.5 Å². The van der Waals surface area contributed by atoms with Crippen molar-refractivity contribution < 1.29 is 4.79 Å². The number of hydrazone groups is 1. The molecule has 1 N–H and O–H groups in total. The molecule has 0 unspecified atom stereocenters. The Bertz CT molecular complexity index is 1370. The van der Waals surface area contributed by atoms with Gasteiger partial charge in [-0.25, -0.2) is 0 Å². The molecule has 2 aliphatic rings. The average Bonchev–Trinajstić information content (AvgIpc) is 3.32. The number of hydrogen-bond donors (Lipinski definition) is 1. The minimum Gasteiger partial charge on any atom is -0.318 e. The van der Waals surface area contributed by atoms with Gasteiger partial charge in [0.15, 0.2) is 5.84 Å². The second-order valence-corrected chi connectivity index (χ2v) is 8.70. The highest BCUT2D eigenvalue weighted by Gasteiger charge is 2.36. The Morgan fingerprint density at radius 3 is 2.75 bits per heavy atom. The van der Waals surface area contributed by atoms with Gasteiger partial charge in [0.25, 0.3) is 5.91 Å². The fourth-order valence-electron chi connectivity index (χ4n) is 3.70. The molecule has 7 nitrogen and oxygen atoms in total. The predicted octanol–water partition coefficient (Wildman–Crippen LogP) is 4.81. The maximum absolute atomic E-state index is 12.8. The van der Waals surface area contributed by atoms with Crippen LogP contribution in [0.3, 0.4) is 0 Å². The molecular weight excluding hydrogens is 444 g/mol. The molecule has 0 atom stereocenters. The number of pyridine rings is 1. The van der Waals surface area contributed by atoms with E-state index in [1.54, 1.807) is 18.5 Å². The molecule has 0 bridgehead atoms. The lowest BCUT2D eigenvalue weighted by molar-refractivity contribution is -0.114. The van der Waals surface area contributed by atoms with Crippen molar-refractivity contribution in [3.8, 4) is 5.69 Å². The number of hydrogen-bond acceptors (Lipinski definition) is 5. The number of nitrogens with one attached hydrogen (secondary N) is 1. The molecule has 2 aromatic heterocycles. The molecule has 158 valence electrons. The van der Waals surface area contributed by atoms with Crippen LogP contribution >= 0.6 is 23.4 Å². The molecule has 0 spiro atoms. The Hall–Kier alpha value is -3.49. The van der Waals surface area contributed by atoms with E-state index in [-0.39, 0.29) is 11.4 Å². The van der Waals surface area contributed by atoms with E-state index in [4.69, 9.17) is 17.0 Å². The number of aromatic nitrogens is 2. The highest BCUT2D eigenvalue weighted by atomic mass is 35.5. The monoisotopic (exact) mass is 460 g/mol. The summed E-state index contributed by atoms with van der Waals surface area (Å²) in [6.07, 6.45) is 5.08. The van der Waals surface area contributed by atoms with Gasteiger partial charge in [0.1, 0.15) is 5.04 Å². The minimum absolute atomic E-state index is 0.000973. The van der Waals surface area contributed by atoms with Crippen molar-refractivity contribution in [2.75, 3.05) is 0 Å². The molecule has 1 amide bonds. The summed E-state index contributed by atoms with van der Waals surface area (Å²) in [5, 5.41) is 16.2. The summed E-state index contributed by atoms with van der Waals surface area (Å²) in [6, 6.07) is 13.3. The standard InChI is InChI=1S/C23H17ClN6OS/c1-13-9-16(14(2)29(13)18-7-3-6-17(24)11-18)10-19-20(25)30-23(27-21(19)31)32-22(28-30)15-5-4-8-26-12-15/h3-12,25H,1-2H3/b19-10+,25-20?. The normalized spacial score (nSPS) is 17.0. The van der Waals surface area contributed by atoms with E-state index in [2.05, 4.69) is 19.6 Å². The van der Waals surface area contributed by atoms with E-state index in [1.807, 2.05) is 56.3 Å². The van der Waals surface area contributed by atoms with Crippen molar-refractivity contribution >= 4 is 51.4 Å². The summed E-state index contributed by atoms with van der Waals surface area (Å²) in [5.74, 6) is -0.456. The van der Waals surface area contributed by atoms with Crippen LogP contribution in [0.25, 0.3) is 11.8 Å². The molecule has 0 saturated carbocycles. The summed E-state index contributed by atoms with van der Waals surface area (Å²) < 4.78 is 2.06. The molecule has 0 saturated heterocycles. The summed E-state index contributed by atoms with van der Waals surface area (Å²) in [4.78, 5) is 21.1. The number of fused-ring (bicyclic) bond motifs is 1. The molecular formula is C23H17ClN6OS. The quantitative estimate of drug-likeness (QED) is 0.568. The average molecular weight is 461 g/mol. The van der Waals surface area contributed by atoms with Crippen molar-refractivity contribution in [2.45, 2.75) is 13.8 Å². The Kier molecular flexibility index (Phi) is 5.03. The number of carbonyl (C=O) groups excluding carboxylic acids is 1. The van der Waals surface area contributed by atoms with Crippen molar-refractivity contribution in [1.82, 2.24) is 14.6 Å². The first-order chi connectivity index (χ1) is 15.4. The largest absolute Gasteiger partial charge is 0.318 e. The number of amidine groups is 2. The van der Waals surface area contributed by atoms with E-state index in [9.17, 15) is 4.79 Å². The number of nitrogens with zero attached hydrogens (tertiary/aromatic N) is 5. The topological polar surface area (TPSA) is 86.7 Å². The Morgan fingerprint density at radius 2 is 2.00 bits per heavy atom. The fourth-order valence-corrected chi connectivity index (χ4v) is 4.77. The zero-order chi connectivity index (χ0) is 22.4. The van der Waals surface area contributed by atoms with Gasteiger partial charge < -0.3 is 4.57 Å². The van der Waals surface area contributed by atoms with Crippen LogP contribution in [0.2, 0.25) is 5.02 Å². The zero-order valence-electron chi connectivity index (χ0n) is 17.2. The molecule has 4 heterocycles. The number of aliphatic imine (C=N–C) groups is 1. The summed E-state index contributed by atoms with van der Waals surface area (Å²) >= 11 is 7.42. The van der Waals surface area contributed by atoms with Crippen LogP contribution in [0.15, 0.2) is 70.5 Å². The molecule has 32 heavy (non-hydrogen) atoms. The number of halogens is 1. The van der Waals surface area contributed by atoms with Crippen LogP contribution in [-0.2, 0) is 4.79 Å². The SMILES string of the molecule is Cc1cc(/C=C2\C(=N)N3N=C(c4cccnc4)SC3=NC2=O)c(C)n1-c1cccc(Cl)c1. The van der Waals surface area contributed by atoms with Gasteiger partial charge in [-0.05, 0) is 73.6 Å². The smallest absolute Gasteiger partial charge is 0.283 e. The Balaban J connectivity index is 1.52. The molecule has 2 aliphatic heterocycles. The third-order valence-electron chi connectivity index (χ3n) is 5.20. The number of carbonyl (C=O) groups is 1.